The monoisotopic (exact) mass is 505 g/mol. The third-order valence-corrected chi connectivity index (χ3v) is 5.44. The van der Waals surface area contributed by atoms with E-state index >= 15 is 0 Å². The van der Waals surface area contributed by atoms with Gasteiger partial charge in [0.1, 0.15) is 23.4 Å². The number of hydrogen-bond acceptors (Lipinski definition) is 7. The smallest absolute Gasteiger partial charge is 0.320 e. The molecule has 1 atom stereocenters. The molecular formula is C27H24FN3O6. The number of ether oxygens (including phenoxy) is 3. The van der Waals surface area contributed by atoms with Crippen LogP contribution in [0.2, 0.25) is 0 Å². The molecule has 0 saturated carbocycles. The van der Waals surface area contributed by atoms with Crippen molar-refractivity contribution in [3.63, 3.8) is 0 Å². The summed E-state index contributed by atoms with van der Waals surface area (Å²) in [6.45, 7) is 0.0674. The first-order valence-corrected chi connectivity index (χ1v) is 11.3. The van der Waals surface area contributed by atoms with Gasteiger partial charge in [-0.25, -0.2) is 4.39 Å². The topological polar surface area (TPSA) is 133 Å². The largest absolute Gasteiger partial charge is 0.493 e. The number of hydrogen-bond donors (Lipinski definition) is 3. The Kier molecular flexibility index (Phi) is 7.80. The van der Waals surface area contributed by atoms with E-state index in [-0.39, 0.29) is 24.5 Å². The number of aromatic nitrogens is 1. The first-order valence-electron chi connectivity index (χ1n) is 11.3. The van der Waals surface area contributed by atoms with E-state index in [1.807, 2.05) is 0 Å². The Morgan fingerprint density at radius 2 is 1.84 bits per heavy atom. The molecule has 0 aliphatic carbocycles. The number of anilines is 1. The minimum Gasteiger partial charge on any atom is -0.493 e. The van der Waals surface area contributed by atoms with Crippen LogP contribution >= 0.6 is 0 Å². The van der Waals surface area contributed by atoms with E-state index in [1.54, 1.807) is 48.5 Å². The number of aliphatic carboxylic acids is 1. The zero-order chi connectivity index (χ0) is 26.4. The summed E-state index contributed by atoms with van der Waals surface area (Å²) >= 11 is 0. The summed E-state index contributed by atoms with van der Waals surface area (Å²) in [5.41, 5.74) is 6.46. The Bertz CT molecular complexity index is 1430. The van der Waals surface area contributed by atoms with E-state index in [1.165, 1.54) is 31.5 Å². The van der Waals surface area contributed by atoms with Gasteiger partial charge in [0.25, 0.3) is 5.91 Å². The summed E-state index contributed by atoms with van der Waals surface area (Å²) in [5, 5.41) is 12.0. The number of carboxylic acid groups (broad SMARTS) is 1. The molecule has 4 N–H and O–H groups in total. The summed E-state index contributed by atoms with van der Waals surface area (Å²) in [6, 6.07) is 16.5. The van der Waals surface area contributed by atoms with Crippen LogP contribution in [0.5, 0.6) is 23.0 Å². The number of nitrogens with two attached hydrogens (primary N) is 1. The predicted molar refractivity (Wildman–Crippen MR) is 135 cm³/mol. The highest BCUT2D eigenvalue weighted by atomic mass is 19.1. The van der Waals surface area contributed by atoms with Gasteiger partial charge in [0.15, 0.2) is 11.5 Å². The molecule has 190 valence electrons. The number of nitrogens with zero attached hydrogens (tertiary/aromatic N) is 1. The molecule has 37 heavy (non-hydrogen) atoms. The van der Waals surface area contributed by atoms with Gasteiger partial charge in [-0.15, -0.1) is 0 Å². The second-order valence-corrected chi connectivity index (χ2v) is 7.98. The number of amides is 1. The van der Waals surface area contributed by atoms with Gasteiger partial charge in [-0.3, -0.25) is 14.6 Å². The maximum atomic E-state index is 14.8. The number of carboxylic acids is 1. The SMILES string of the molecule is COc1cc2c(Oc3ccc(NC(=O)c4ccccc4)c(F)c3)ccnc2cc1OCC[C@H](N)C(=O)O. The maximum absolute atomic E-state index is 14.8. The number of halogens is 1. The Hall–Kier alpha value is -4.70. The van der Waals surface area contributed by atoms with Crippen molar-refractivity contribution in [1.29, 1.82) is 0 Å². The third kappa shape index (κ3) is 6.11. The van der Waals surface area contributed by atoms with Crippen LogP contribution in [0.15, 0.2) is 72.9 Å². The summed E-state index contributed by atoms with van der Waals surface area (Å²) in [5.74, 6) is -0.856. The summed E-state index contributed by atoms with van der Waals surface area (Å²) in [6.07, 6.45) is 1.64. The third-order valence-electron chi connectivity index (χ3n) is 5.44. The van der Waals surface area contributed by atoms with Crippen LogP contribution in [-0.2, 0) is 4.79 Å². The summed E-state index contributed by atoms with van der Waals surface area (Å²) < 4.78 is 31.8. The van der Waals surface area contributed by atoms with Gasteiger partial charge in [-0.05, 0) is 36.4 Å². The van der Waals surface area contributed by atoms with Gasteiger partial charge in [-0.1, -0.05) is 18.2 Å². The minimum absolute atomic E-state index is 0.0202. The van der Waals surface area contributed by atoms with Gasteiger partial charge >= 0.3 is 5.97 Å². The molecule has 0 bridgehead atoms. The average Bonchev–Trinajstić information content (AvgIpc) is 2.90. The quantitative estimate of drug-likeness (QED) is 0.285. The standard InChI is InChI=1S/C27H24FN3O6/c1-35-24-14-18-22(15-25(24)36-12-10-20(29)27(33)34)30-11-9-23(18)37-17-7-8-21(19(28)13-17)31-26(32)16-5-3-2-4-6-16/h2-9,11,13-15,20H,10,12,29H2,1H3,(H,31,32)(H,33,34)/t20-/m0/s1. The van der Waals surface area contributed by atoms with E-state index in [0.717, 1.165) is 0 Å². The molecule has 3 aromatic carbocycles. The lowest BCUT2D eigenvalue weighted by Gasteiger charge is -2.15. The van der Waals surface area contributed by atoms with Gasteiger partial charge in [0, 0.05) is 35.7 Å². The second kappa shape index (κ2) is 11.4. The Morgan fingerprint density at radius 3 is 2.54 bits per heavy atom. The van der Waals surface area contributed by atoms with Gasteiger partial charge in [0.2, 0.25) is 0 Å². The molecule has 0 aliphatic rings. The number of carbonyl (C=O) groups excluding carboxylic acids is 1. The van der Waals surface area contributed by atoms with Gasteiger partial charge < -0.3 is 30.4 Å². The fourth-order valence-electron chi connectivity index (χ4n) is 3.48. The van der Waals surface area contributed by atoms with Gasteiger partial charge in [-0.2, -0.15) is 0 Å². The highest BCUT2D eigenvalue weighted by molar-refractivity contribution is 6.04. The summed E-state index contributed by atoms with van der Waals surface area (Å²) in [4.78, 5) is 27.6. The van der Waals surface area contributed by atoms with Crippen molar-refractivity contribution in [1.82, 2.24) is 4.98 Å². The highest BCUT2D eigenvalue weighted by Gasteiger charge is 2.16. The lowest BCUT2D eigenvalue weighted by molar-refractivity contribution is -0.138. The maximum Gasteiger partial charge on any atom is 0.320 e. The van der Waals surface area contributed by atoms with Crippen LogP contribution in [-0.4, -0.2) is 41.7 Å². The minimum atomic E-state index is -1.11. The molecule has 0 aliphatic heterocycles. The number of fused-ring (bicyclic) bond motifs is 1. The Morgan fingerprint density at radius 1 is 1.05 bits per heavy atom. The first kappa shape index (κ1) is 25.4. The van der Waals surface area contributed by atoms with Crippen LogP contribution in [0, 0.1) is 5.82 Å². The lowest BCUT2D eigenvalue weighted by atomic mass is 10.1. The van der Waals surface area contributed by atoms with Crippen molar-refractivity contribution in [3.8, 4) is 23.0 Å². The highest BCUT2D eigenvalue weighted by Crippen LogP contribution is 2.37. The molecule has 4 rings (SSSR count). The molecule has 1 aromatic heterocycles. The fraction of sp³-hybridized carbons (Fsp3) is 0.148. The average molecular weight is 506 g/mol. The van der Waals surface area contributed by atoms with Crippen LogP contribution < -0.4 is 25.3 Å². The molecule has 1 amide bonds. The van der Waals surface area contributed by atoms with E-state index < -0.39 is 23.7 Å². The summed E-state index contributed by atoms with van der Waals surface area (Å²) in [7, 11) is 1.46. The molecule has 4 aromatic rings. The first-order chi connectivity index (χ1) is 17.9. The van der Waals surface area contributed by atoms with Crippen LogP contribution in [0.4, 0.5) is 10.1 Å². The molecule has 0 radical (unpaired) electrons. The second-order valence-electron chi connectivity index (χ2n) is 7.98. The number of rotatable bonds is 10. The molecule has 0 unspecified atom stereocenters. The number of pyridine rings is 1. The molecule has 0 fully saturated rings. The van der Waals surface area contributed by atoms with E-state index in [9.17, 15) is 14.0 Å². The lowest BCUT2D eigenvalue weighted by Crippen LogP contribution is -2.31. The van der Waals surface area contributed by atoms with Crippen molar-refractivity contribution in [2.24, 2.45) is 5.73 Å². The molecule has 0 saturated heterocycles. The van der Waals surface area contributed by atoms with Gasteiger partial charge in [0.05, 0.1) is 24.9 Å². The van der Waals surface area contributed by atoms with Crippen LogP contribution in [0.25, 0.3) is 10.9 Å². The zero-order valence-electron chi connectivity index (χ0n) is 19.8. The van der Waals surface area contributed by atoms with Crippen molar-refractivity contribution >= 4 is 28.5 Å². The van der Waals surface area contributed by atoms with Crippen molar-refractivity contribution in [2.75, 3.05) is 19.0 Å². The molecule has 9 nitrogen and oxygen atoms in total. The van der Waals surface area contributed by atoms with Crippen LogP contribution in [0.3, 0.4) is 0 Å². The molecular weight excluding hydrogens is 481 g/mol. The fourth-order valence-corrected chi connectivity index (χ4v) is 3.48. The van der Waals surface area contributed by atoms with E-state index in [0.29, 0.717) is 33.7 Å². The number of methoxy groups -OCH3 is 1. The van der Waals surface area contributed by atoms with E-state index in [4.69, 9.17) is 25.1 Å². The van der Waals surface area contributed by atoms with E-state index in [2.05, 4.69) is 10.3 Å². The Labute approximate surface area is 211 Å². The normalized spacial score (nSPS) is 11.5. The number of nitrogens with one attached hydrogen (secondary N) is 1. The molecule has 0 spiro atoms. The zero-order valence-corrected chi connectivity index (χ0v) is 19.8. The molecule has 10 heteroatoms. The number of carbonyl (C=O) groups is 2. The molecule has 1 heterocycles. The van der Waals surface area contributed by atoms with Crippen molar-refractivity contribution in [3.05, 3.63) is 84.3 Å². The Balaban J connectivity index is 1.52. The predicted octanol–water partition coefficient (Wildman–Crippen LogP) is 4.61. The van der Waals surface area contributed by atoms with Crippen molar-refractivity contribution < 1.29 is 33.3 Å². The number of benzene rings is 3. The van der Waals surface area contributed by atoms with Crippen LogP contribution in [0.1, 0.15) is 16.8 Å². The van der Waals surface area contributed by atoms with Crippen molar-refractivity contribution in [2.45, 2.75) is 12.5 Å².